The van der Waals surface area contributed by atoms with Crippen molar-refractivity contribution in [1.29, 1.82) is 0 Å². The molecule has 5 rings (SSSR count). The van der Waals surface area contributed by atoms with Crippen molar-refractivity contribution in [3.8, 4) is 28.4 Å². The average Bonchev–Trinajstić information content (AvgIpc) is 3.47. The number of hydrogen-bond acceptors (Lipinski definition) is 9. The zero-order valence-electron chi connectivity index (χ0n) is 27.0. The lowest BCUT2D eigenvalue weighted by atomic mass is 10.0. The van der Waals surface area contributed by atoms with E-state index in [1.165, 1.54) is 0 Å². The number of rotatable bonds is 13. The molecule has 47 heavy (non-hydrogen) atoms. The standard InChI is InChI=1S/C35H40ClN7O4/c1-21-25(6-5-7-27(21)42-33(45)29-11-8-22(17-40-29)16-38-20-35(2,3)46)32-31(36)26(14-15-39-32)28-12-9-23(34(43-28)47-4)18-37-19-24-10-13-30(44)41-24/h5-9,11-12,14-15,17,24,37-38,46H,10,13,16,18-20H2,1-4H3,(H,41,44)(H,42,45)/t24-/m1/s1. The van der Waals surface area contributed by atoms with E-state index in [0.717, 1.165) is 28.7 Å². The number of carbonyl (C=O) groups excluding carboxylic acids is 2. The number of anilines is 1. The van der Waals surface area contributed by atoms with E-state index in [2.05, 4.69) is 31.2 Å². The normalized spacial score (nSPS) is 14.6. The third-order valence-corrected chi connectivity index (χ3v) is 8.25. The van der Waals surface area contributed by atoms with Gasteiger partial charge in [0.25, 0.3) is 5.91 Å². The molecule has 4 aromatic rings. The first-order valence-electron chi connectivity index (χ1n) is 15.5. The van der Waals surface area contributed by atoms with Crippen LogP contribution in [0.4, 0.5) is 5.69 Å². The van der Waals surface area contributed by atoms with Crippen molar-refractivity contribution in [2.24, 2.45) is 0 Å². The Morgan fingerprint density at radius 1 is 1.09 bits per heavy atom. The van der Waals surface area contributed by atoms with Gasteiger partial charge in [0, 0.05) is 73.4 Å². The Morgan fingerprint density at radius 2 is 1.91 bits per heavy atom. The number of hydrogen-bond donors (Lipinski definition) is 5. The van der Waals surface area contributed by atoms with Gasteiger partial charge in [-0.3, -0.25) is 19.6 Å². The van der Waals surface area contributed by atoms with Crippen LogP contribution in [0.5, 0.6) is 5.88 Å². The summed E-state index contributed by atoms with van der Waals surface area (Å²) in [5, 5.41) is 22.8. The van der Waals surface area contributed by atoms with Gasteiger partial charge in [-0.05, 0) is 62.6 Å². The van der Waals surface area contributed by atoms with Crippen molar-refractivity contribution in [1.82, 2.24) is 30.9 Å². The van der Waals surface area contributed by atoms with Crippen LogP contribution in [-0.2, 0) is 17.9 Å². The highest BCUT2D eigenvalue weighted by Crippen LogP contribution is 2.38. The van der Waals surface area contributed by atoms with Crippen LogP contribution in [0.15, 0.2) is 60.9 Å². The van der Waals surface area contributed by atoms with Crippen LogP contribution < -0.4 is 26.0 Å². The molecule has 1 aliphatic rings. The SMILES string of the molecule is COc1nc(-c2ccnc(-c3cccc(NC(=O)c4ccc(CNCC(C)(C)O)cn4)c3C)c2Cl)ccc1CNC[C@H]1CCC(=O)N1. The summed E-state index contributed by atoms with van der Waals surface area (Å²) in [7, 11) is 1.58. The second-order valence-corrected chi connectivity index (χ2v) is 12.6. The molecule has 1 atom stereocenters. The fraction of sp³-hybridized carbons (Fsp3) is 0.343. The Bertz CT molecular complexity index is 1740. The molecule has 11 nitrogen and oxygen atoms in total. The average molecular weight is 658 g/mol. The molecule has 1 saturated heterocycles. The molecule has 0 aliphatic carbocycles. The number of benzene rings is 1. The molecular weight excluding hydrogens is 618 g/mol. The van der Waals surface area contributed by atoms with Crippen molar-refractivity contribution >= 4 is 29.1 Å². The maximum atomic E-state index is 13.1. The molecule has 3 aromatic heterocycles. The molecule has 0 unspecified atom stereocenters. The summed E-state index contributed by atoms with van der Waals surface area (Å²) in [5.74, 6) is 0.230. The molecule has 12 heteroatoms. The molecule has 5 N–H and O–H groups in total. The zero-order valence-corrected chi connectivity index (χ0v) is 27.7. The number of pyridine rings is 3. The van der Waals surface area contributed by atoms with E-state index in [0.29, 0.717) is 66.1 Å². The molecule has 0 spiro atoms. The lowest BCUT2D eigenvalue weighted by molar-refractivity contribution is -0.119. The molecule has 1 fully saturated rings. The Kier molecular flexibility index (Phi) is 10.8. The van der Waals surface area contributed by atoms with Gasteiger partial charge in [-0.25, -0.2) is 4.98 Å². The number of ether oxygens (including phenoxy) is 1. The summed E-state index contributed by atoms with van der Waals surface area (Å²) in [6, 6.07) is 14.9. The Labute approximate surface area is 279 Å². The number of aliphatic hydroxyl groups is 1. The van der Waals surface area contributed by atoms with Gasteiger partial charge < -0.3 is 31.1 Å². The minimum atomic E-state index is -0.813. The quantitative estimate of drug-likeness (QED) is 0.138. The van der Waals surface area contributed by atoms with Gasteiger partial charge >= 0.3 is 0 Å². The van der Waals surface area contributed by atoms with E-state index in [1.807, 2.05) is 49.4 Å². The maximum Gasteiger partial charge on any atom is 0.274 e. The third kappa shape index (κ3) is 8.69. The highest BCUT2D eigenvalue weighted by Gasteiger charge is 2.21. The molecular formula is C35H40ClN7O4. The van der Waals surface area contributed by atoms with Crippen molar-refractivity contribution in [3.05, 3.63) is 88.3 Å². The summed E-state index contributed by atoms with van der Waals surface area (Å²) >= 11 is 6.98. The predicted molar refractivity (Wildman–Crippen MR) is 182 cm³/mol. The number of nitrogens with zero attached hydrogens (tertiary/aromatic N) is 3. The topological polar surface area (TPSA) is 150 Å². The summed E-state index contributed by atoms with van der Waals surface area (Å²) in [4.78, 5) is 38.2. The van der Waals surface area contributed by atoms with Gasteiger partial charge in [-0.15, -0.1) is 0 Å². The van der Waals surface area contributed by atoms with E-state index in [4.69, 9.17) is 21.3 Å². The van der Waals surface area contributed by atoms with E-state index >= 15 is 0 Å². The number of nitrogens with one attached hydrogen (secondary N) is 4. The number of halogens is 1. The van der Waals surface area contributed by atoms with E-state index in [9.17, 15) is 14.7 Å². The first kappa shape index (κ1) is 33.9. The lowest BCUT2D eigenvalue weighted by Crippen LogP contribution is -2.35. The number of aromatic nitrogens is 3. The minimum absolute atomic E-state index is 0.0909. The van der Waals surface area contributed by atoms with E-state index in [-0.39, 0.29) is 23.6 Å². The number of methoxy groups -OCH3 is 1. The van der Waals surface area contributed by atoms with E-state index in [1.54, 1.807) is 39.4 Å². The van der Waals surface area contributed by atoms with Gasteiger partial charge in [0.15, 0.2) is 0 Å². The number of carbonyl (C=O) groups is 2. The third-order valence-electron chi connectivity index (χ3n) is 7.87. The monoisotopic (exact) mass is 657 g/mol. The van der Waals surface area contributed by atoms with E-state index < -0.39 is 5.60 Å². The van der Waals surface area contributed by atoms with Crippen molar-refractivity contribution in [2.45, 2.75) is 58.3 Å². The second-order valence-electron chi connectivity index (χ2n) is 12.2. The number of amides is 2. The van der Waals surface area contributed by atoms with Crippen LogP contribution in [0, 0.1) is 6.92 Å². The lowest BCUT2D eigenvalue weighted by Gasteiger charge is -2.17. The molecule has 1 aromatic carbocycles. The molecule has 4 heterocycles. The first-order chi connectivity index (χ1) is 22.5. The largest absolute Gasteiger partial charge is 0.481 e. The molecule has 2 amide bonds. The fourth-order valence-electron chi connectivity index (χ4n) is 5.36. The van der Waals surface area contributed by atoms with Crippen LogP contribution >= 0.6 is 11.6 Å². The van der Waals surface area contributed by atoms with Gasteiger partial charge in [0.2, 0.25) is 11.8 Å². The Hall–Kier alpha value is -4.42. The zero-order chi connectivity index (χ0) is 33.6. The van der Waals surface area contributed by atoms with Gasteiger partial charge in [-0.2, -0.15) is 0 Å². The van der Waals surface area contributed by atoms with Gasteiger partial charge in [0.1, 0.15) is 5.69 Å². The first-order valence-corrected chi connectivity index (χ1v) is 15.9. The van der Waals surface area contributed by atoms with Crippen LogP contribution in [0.1, 0.15) is 53.9 Å². The molecule has 0 radical (unpaired) electrons. The summed E-state index contributed by atoms with van der Waals surface area (Å²) in [5.41, 5.74) is 5.32. The molecule has 0 bridgehead atoms. The van der Waals surface area contributed by atoms with Crippen molar-refractivity contribution < 1.29 is 19.4 Å². The minimum Gasteiger partial charge on any atom is -0.481 e. The summed E-state index contributed by atoms with van der Waals surface area (Å²) in [6.07, 6.45) is 4.72. The fourth-order valence-corrected chi connectivity index (χ4v) is 5.67. The summed E-state index contributed by atoms with van der Waals surface area (Å²) < 4.78 is 5.61. The molecule has 1 aliphatic heterocycles. The molecule has 0 saturated carbocycles. The highest BCUT2D eigenvalue weighted by molar-refractivity contribution is 6.35. The van der Waals surface area contributed by atoms with Crippen LogP contribution in [0.2, 0.25) is 5.02 Å². The smallest absolute Gasteiger partial charge is 0.274 e. The molecule has 246 valence electrons. The predicted octanol–water partition coefficient (Wildman–Crippen LogP) is 4.66. The van der Waals surface area contributed by atoms with Crippen LogP contribution in [-0.4, -0.2) is 63.7 Å². The van der Waals surface area contributed by atoms with Gasteiger partial charge in [-0.1, -0.05) is 35.9 Å². The van der Waals surface area contributed by atoms with Gasteiger partial charge in [0.05, 0.1) is 29.1 Å². The Balaban J connectivity index is 1.29. The second kappa shape index (κ2) is 15.0. The Morgan fingerprint density at radius 3 is 2.62 bits per heavy atom. The van der Waals surface area contributed by atoms with Crippen molar-refractivity contribution in [3.63, 3.8) is 0 Å². The van der Waals surface area contributed by atoms with Crippen molar-refractivity contribution in [2.75, 3.05) is 25.5 Å². The van der Waals surface area contributed by atoms with Crippen LogP contribution in [0.25, 0.3) is 22.5 Å². The maximum absolute atomic E-state index is 13.1. The summed E-state index contributed by atoms with van der Waals surface area (Å²) in [6.45, 7) is 7.54. The van der Waals surface area contributed by atoms with Crippen LogP contribution in [0.3, 0.4) is 0 Å². The highest BCUT2D eigenvalue weighted by atomic mass is 35.5.